The summed E-state index contributed by atoms with van der Waals surface area (Å²) in [7, 11) is 0. The van der Waals surface area contributed by atoms with E-state index in [1.165, 1.54) is 90.1 Å². The monoisotopic (exact) mass is 1960 g/mol. The van der Waals surface area contributed by atoms with E-state index in [2.05, 4.69) is 384 Å². The van der Waals surface area contributed by atoms with Crippen molar-refractivity contribution in [3.05, 3.63) is 237 Å². The van der Waals surface area contributed by atoms with Gasteiger partial charge in [0.2, 0.25) is 0 Å². The number of pyridine rings is 8. The minimum Gasteiger partial charge on any atom is -0.379 e. The van der Waals surface area contributed by atoms with E-state index in [0.717, 1.165) is 171 Å². The van der Waals surface area contributed by atoms with E-state index in [-0.39, 0.29) is 0 Å². The van der Waals surface area contributed by atoms with Gasteiger partial charge in [-0.15, -0.1) is 0 Å². The van der Waals surface area contributed by atoms with Crippen LogP contribution in [0, 0.1) is 0 Å². The van der Waals surface area contributed by atoms with Crippen LogP contribution in [0.2, 0.25) is 0 Å². The molecule has 0 saturated carbocycles. The second-order valence-corrected chi connectivity index (χ2v) is 43.1. The van der Waals surface area contributed by atoms with Crippen LogP contribution in [0.4, 0.5) is 0 Å². The molecule has 3 unspecified atom stereocenters. The summed E-state index contributed by atoms with van der Waals surface area (Å²) in [6.45, 7) is 90.3. The molecule has 0 radical (unpaired) electrons. The Hall–Kier alpha value is -7.44. The summed E-state index contributed by atoms with van der Waals surface area (Å²) in [4.78, 5) is 56.1. The molecule has 0 aliphatic carbocycles. The van der Waals surface area contributed by atoms with Gasteiger partial charge in [0.1, 0.15) is 0 Å². The quantitative estimate of drug-likeness (QED) is 0.0552. The molecular weight excluding hydrogens is 1770 g/mol. The minimum absolute atomic E-state index is 0.337. The summed E-state index contributed by atoms with van der Waals surface area (Å²) >= 11 is 0. The van der Waals surface area contributed by atoms with Crippen LogP contribution in [-0.4, -0.2) is 286 Å². The van der Waals surface area contributed by atoms with Crippen LogP contribution in [0.5, 0.6) is 0 Å². The topological polar surface area (TPSA) is 203 Å². The molecule has 8 fully saturated rings. The lowest BCUT2D eigenvalue weighted by Crippen LogP contribution is -2.42. The Morgan fingerprint density at radius 1 is 0.176 bits per heavy atom. The molecular formula is C118H188N16O8. The number of ether oxygens (including phenoxy) is 8. The highest BCUT2D eigenvalue weighted by atomic mass is 16.5. The standard InChI is InChI=1S/6C15H24N2O.2C14H22N2O/c6*1-11(2)15-6-5-14(9-16-15)13(4)17-7-8-18-12(3)10-17;2*1-11(2)14-5-4-13(10-15-14)12(3)16-6-8-17-9-7-16/h6*5-6,9,11-13H,7-8,10H2,1-4H3;2*4-5,10-12H,6-9H2,1-3H3/t2*12-,13?;2*12-,13+;2*12-,13-;12-;/m1010101./s1. The number of rotatable bonds is 24. The molecule has 142 heavy (non-hydrogen) atoms. The van der Waals surface area contributed by atoms with Crippen molar-refractivity contribution < 1.29 is 37.9 Å². The van der Waals surface area contributed by atoms with Crippen LogP contribution in [0.3, 0.4) is 0 Å². The Morgan fingerprint density at radius 3 is 0.401 bits per heavy atom. The maximum atomic E-state index is 5.59. The lowest BCUT2D eigenvalue weighted by molar-refractivity contribution is -0.0320. The van der Waals surface area contributed by atoms with Gasteiger partial charge >= 0.3 is 0 Å². The molecule has 24 heteroatoms. The molecule has 8 aromatic rings. The predicted octanol–water partition coefficient (Wildman–Crippen LogP) is 23.1. The third kappa shape index (κ3) is 38.4. The lowest BCUT2D eigenvalue weighted by Gasteiger charge is -2.35. The smallest absolute Gasteiger partial charge is 0.0674 e. The molecule has 0 bridgehead atoms. The first-order valence-corrected chi connectivity index (χ1v) is 54.3. The van der Waals surface area contributed by atoms with Gasteiger partial charge in [-0.05, 0) is 237 Å². The second-order valence-electron chi connectivity index (χ2n) is 43.1. The summed E-state index contributed by atoms with van der Waals surface area (Å²) in [6, 6.07) is 38.3. The van der Waals surface area contributed by atoms with Gasteiger partial charge in [0.25, 0.3) is 0 Å². The lowest BCUT2D eigenvalue weighted by atomic mass is 10.0. The first kappa shape index (κ1) is 118. The van der Waals surface area contributed by atoms with Gasteiger partial charge in [0.05, 0.1) is 103 Å². The Bertz CT molecular complexity index is 4060. The van der Waals surface area contributed by atoms with E-state index < -0.39 is 0 Å². The summed E-state index contributed by atoms with van der Waals surface area (Å²) in [5, 5.41) is 0. The van der Waals surface area contributed by atoms with E-state index in [1.807, 2.05) is 49.6 Å². The molecule has 0 spiro atoms. The highest BCUT2D eigenvalue weighted by Crippen LogP contribution is 2.33. The van der Waals surface area contributed by atoms with Gasteiger partial charge < -0.3 is 37.9 Å². The summed E-state index contributed by atoms with van der Waals surface area (Å²) < 4.78 is 44.3. The van der Waals surface area contributed by atoms with E-state index in [9.17, 15) is 0 Å². The Balaban J connectivity index is 0.000000181. The highest BCUT2D eigenvalue weighted by Gasteiger charge is 2.31. The number of morpholine rings is 8. The molecule has 8 saturated heterocycles. The van der Waals surface area contributed by atoms with Gasteiger partial charge in [-0.25, -0.2) is 0 Å². The van der Waals surface area contributed by atoms with E-state index in [0.29, 0.717) is 132 Å². The summed E-state index contributed by atoms with van der Waals surface area (Å²) in [6.07, 6.45) is 18.2. The second kappa shape index (κ2) is 60.7. The number of hydrogen-bond acceptors (Lipinski definition) is 24. The van der Waals surface area contributed by atoms with Crippen LogP contribution in [0.25, 0.3) is 0 Å². The van der Waals surface area contributed by atoms with Crippen LogP contribution in [0.15, 0.2) is 147 Å². The number of nitrogens with zero attached hydrogens (tertiary/aromatic N) is 16. The van der Waals surface area contributed by atoms with Crippen LogP contribution < -0.4 is 0 Å². The molecule has 8 aliphatic rings. The third-order valence-corrected chi connectivity index (χ3v) is 29.2. The Labute approximate surface area is 859 Å². The first-order valence-electron chi connectivity index (χ1n) is 54.3. The molecule has 16 heterocycles. The molecule has 8 aliphatic heterocycles. The average molecular weight is 1960 g/mol. The Kier molecular flexibility index (Phi) is 50.5. The van der Waals surface area contributed by atoms with Gasteiger partial charge in [0, 0.05) is 248 Å². The average Bonchev–Trinajstić information content (AvgIpc) is 0.838. The molecule has 24 nitrogen and oxygen atoms in total. The zero-order chi connectivity index (χ0) is 103. The fourth-order valence-electron chi connectivity index (χ4n) is 18.8. The molecule has 14 atom stereocenters. The molecule has 16 rings (SSSR count). The van der Waals surface area contributed by atoms with Crippen molar-refractivity contribution in [3.8, 4) is 0 Å². The fourth-order valence-corrected chi connectivity index (χ4v) is 18.8. The Morgan fingerprint density at radius 2 is 0.296 bits per heavy atom. The fraction of sp³-hybridized carbons (Fsp3) is 0.661. The van der Waals surface area contributed by atoms with Crippen LogP contribution in [-0.2, 0) is 37.9 Å². The van der Waals surface area contributed by atoms with Crippen molar-refractivity contribution >= 4 is 0 Å². The van der Waals surface area contributed by atoms with Crippen molar-refractivity contribution in [2.75, 3.05) is 171 Å². The largest absolute Gasteiger partial charge is 0.379 e. The normalized spacial score (nSPS) is 22.4. The van der Waals surface area contributed by atoms with E-state index in [4.69, 9.17) is 37.9 Å². The summed E-state index contributed by atoms with van der Waals surface area (Å²) in [5.41, 5.74) is 19.7. The van der Waals surface area contributed by atoms with Crippen molar-refractivity contribution in [1.82, 2.24) is 79.1 Å². The predicted molar refractivity (Wildman–Crippen MR) is 581 cm³/mol. The van der Waals surface area contributed by atoms with Crippen LogP contribution in [0.1, 0.15) is 393 Å². The molecule has 0 aromatic carbocycles. The maximum Gasteiger partial charge on any atom is 0.0674 e. The van der Waals surface area contributed by atoms with Gasteiger partial charge in [0.15, 0.2) is 0 Å². The SMILES string of the molecule is CC(C)c1ccc(C(C)N2CCOCC2)cn1.CC(C)c1ccc(C(C)N2CCO[C@@H](C)C2)cn1.CC(C)c1ccc(C(C)N2CCO[C@H](C)C2)cn1.CC(C)c1ccc([C@@H](C)N2CCOCC2)cn1.CC(C)c1ccc([C@@H](C)N2CCO[C@@H](C)C2)cn1.CC(C)c1ccc([C@@H](C)N2CCO[C@H](C)C2)cn1.CC(C)c1ccc([C@H](C)N2CCO[C@@H](C)C2)cn1.CC(C)c1ccc([C@H](C)N2CCO[C@H](C)C2)cn1. The van der Waals surface area contributed by atoms with Crippen molar-refractivity contribution in [2.24, 2.45) is 0 Å². The van der Waals surface area contributed by atoms with Gasteiger partial charge in [-0.1, -0.05) is 159 Å². The maximum absolute atomic E-state index is 5.59. The van der Waals surface area contributed by atoms with Crippen molar-refractivity contribution in [3.63, 3.8) is 0 Å². The first-order chi connectivity index (χ1) is 67.8. The molecule has 0 N–H and O–H groups in total. The number of aromatic nitrogens is 8. The minimum atomic E-state index is 0.337. The zero-order valence-corrected chi connectivity index (χ0v) is 93.4. The number of hydrogen-bond donors (Lipinski definition) is 0. The molecule has 8 aromatic heterocycles. The van der Waals surface area contributed by atoms with Gasteiger partial charge in [-0.3, -0.25) is 79.1 Å². The molecule has 0 amide bonds. The van der Waals surface area contributed by atoms with Crippen molar-refractivity contribution in [1.29, 1.82) is 0 Å². The van der Waals surface area contributed by atoms with Crippen LogP contribution >= 0.6 is 0 Å². The van der Waals surface area contributed by atoms with E-state index >= 15 is 0 Å². The highest BCUT2D eigenvalue weighted by molar-refractivity contribution is 5.27. The zero-order valence-electron chi connectivity index (χ0n) is 93.4. The van der Waals surface area contributed by atoms with Crippen molar-refractivity contribution in [2.45, 2.75) is 340 Å². The third-order valence-electron chi connectivity index (χ3n) is 29.2. The summed E-state index contributed by atoms with van der Waals surface area (Å²) in [5.74, 6) is 3.99. The van der Waals surface area contributed by atoms with Gasteiger partial charge in [-0.2, -0.15) is 0 Å². The van der Waals surface area contributed by atoms with E-state index in [1.54, 1.807) is 0 Å². The molecule has 788 valence electrons.